The molecule has 21 heavy (non-hydrogen) atoms. The largest absolute Gasteiger partial charge is 0.494 e. The lowest BCUT2D eigenvalue weighted by Crippen LogP contribution is -2.27. The number of ether oxygens (including phenoxy) is 2. The van der Waals surface area contributed by atoms with Crippen LogP contribution in [-0.2, 0) is 9.47 Å². The van der Waals surface area contributed by atoms with Crippen molar-refractivity contribution in [1.29, 1.82) is 0 Å². The van der Waals surface area contributed by atoms with Gasteiger partial charge in [0.1, 0.15) is 11.4 Å². The van der Waals surface area contributed by atoms with E-state index in [1.54, 1.807) is 6.20 Å². The van der Waals surface area contributed by atoms with Crippen LogP contribution in [-0.4, -0.2) is 28.1 Å². The first kappa shape index (κ1) is 15.1. The summed E-state index contributed by atoms with van der Waals surface area (Å²) in [6.45, 7) is 11.8. The van der Waals surface area contributed by atoms with Gasteiger partial charge in [-0.3, -0.25) is 0 Å². The van der Waals surface area contributed by atoms with Crippen molar-refractivity contribution in [3.63, 3.8) is 0 Å². The van der Waals surface area contributed by atoms with Crippen molar-refractivity contribution < 1.29 is 14.3 Å². The maximum Gasteiger partial charge on any atom is 0.435 e. The van der Waals surface area contributed by atoms with Gasteiger partial charge >= 0.3 is 6.09 Å². The Morgan fingerprint density at radius 2 is 2.10 bits per heavy atom. The van der Waals surface area contributed by atoms with Gasteiger partial charge in [-0.1, -0.05) is 6.58 Å². The summed E-state index contributed by atoms with van der Waals surface area (Å²) in [4.78, 5) is 12.1. The Labute approximate surface area is 124 Å². The lowest BCUT2D eigenvalue weighted by molar-refractivity contribution is 0.0523. The second-order valence-corrected chi connectivity index (χ2v) is 5.67. The number of carbonyl (C=O) groups excluding carboxylic acids is 1. The smallest absolute Gasteiger partial charge is 0.435 e. The highest BCUT2D eigenvalue weighted by Gasteiger charge is 2.20. The molecule has 5 nitrogen and oxygen atoms in total. The van der Waals surface area contributed by atoms with Gasteiger partial charge < -0.3 is 9.47 Å². The molecule has 1 aromatic carbocycles. The molecule has 0 saturated carbocycles. The van der Waals surface area contributed by atoms with Crippen molar-refractivity contribution in [3.05, 3.63) is 36.5 Å². The first-order chi connectivity index (χ1) is 9.81. The minimum Gasteiger partial charge on any atom is -0.494 e. The quantitative estimate of drug-likeness (QED) is 0.805. The first-order valence-electron chi connectivity index (χ1n) is 6.85. The van der Waals surface area contributed by atoms with Gasteiger partial charge in [-0.15, -0.1) is 0 Å². The topological polar surface area (TPSA) is 53.4 Å². The monoisotopic (exact) mass is 288 g/mol. The summed E-state index contributed by atoms with van der Waals surface area (Å²) in [5, 5.41) is 4.93. The zero-order valence-corrected chi connectivity index (χ0v) is 12.8. The summed E-state index contributed by atoms with van der Waals surface area (Å²) in [6.07, 6.45) is 1.14. The summed E-state index contributed by atoms with van der Waals surface area (Å²) in [5.41, 5.74) is 1.00. The number of hydrogen-bond donors (Lipinski definition) is 0. The summed E-state index contributed by atoms with van der Waals surface area (Å²) >= 11 is 0. The molecule has 0 saturated heterocycles. The summed E-state index contributed by atoms with van der Waals surface area (Å²) in [7, 11) is 0. The Morgan fingerprint density at radius 1 is 1.38 bits per heavy atom. The van der Waals surface area contributed by atoms with E-state index in [0.717, 1.165) is 10.9 Å². The fraction of sp³-hybridized carbons (Fsp3) is 0.375. The van der Waals surface area contributed by atoms with Crippen LogP contribution in [0.3, 0.4) is 0 Å². The number of fused-ring (bicyclic) bond motifs is 1. The van der Waals surface area contributed by atoms with E-state index in [0.29, 0.717) is 17.9 Å². The molecule has 0 aliphatic heterocycles. The Morgan fingerprint density at radius 3 is 2.71 bits per heavy atom. The molecule has 0 spiro atoms. The number of hydrogen-bond acceptors (Lipinski definition) is 4. The molecule has 1 aromatic heterocycles. The number of nitrogens with zero attached hydrogens (tertiary/aromatic N) is 2. The lowest BCUT2D eigenvalue weighted by Gasteiger charge is -2.19. The van der Waals surface area contributed by atoms with Crippen molar-refractivity contribution in [2.45, 2.75) is 33.3 Å². The van der Waals surface area contributed by atoms with Gasteiger partial charge in [0.25, 0.3) is 0 Å². The third kappa shape index (κ3) is 3.42. The van der Waals surface area contributed by atoms with Gasteiger partial charge in [-0.25, -0.2) is 4.79 Å². The molecule has 112 valence electrons. The standard InChI is InChI=1S/C16H20N2O3/c1-6-20-11(2)12-7-8-14-13(9-12)10-17-18(14)15(19)21-16(3,4)5/h7-10H,2,6H2,1,3-5H3. The average Bonchev–Trinajstić information content (AvgIpc) is 2.79. The second kappa shape index (κ2) is 5.60. The number of rotatable bonds is 3. The van der Waals surface area contributed by atoms with Crippen LogP contribution in [0.4, 0.5) is 4.79 Å². The van der Waals surface area contributed by atoms with Gasteiger partial charge in [0.15, 0.2) is 0 Å². The predicted molar refractivity (Wildman–Crippen MR) is 82.0 cm³/mol. The van der Waals surface area contributed by atoms with Crippen LogP contribution in [0.15, 0.2) is 31.0 Å². The van der Waals surface area contributed by atoms with Crippen molar-refractivity contribution in [2.24, 2.45) is 0 Å². The fourth-order valence-electron chi connectivity index (χ4n) is 1.91. The van der Waals surface area contributed by atoms with Crippen LogP contribution in [0.1, 0.15) is 33.3 Å². The number of carbonyl (C=O) groups is 1. The van der Waals surface area contributed by atoms with E-state index >= 15 is 0 Å². The molecule has 2 aromatic rings. The fourth-order valence-corrected chi connectivity index (χ4v) is 1.91. The Hall–Kier alpha value is -2.30. The zero-order valence-electron chi connectivity index (χ0n) is 12.8. The SMILES string of the molecule is C=C(OCC)c1ccc2c(cnn2C(=O)OC(C)(C)C)c1. The highest BCUT2D eigenvalue weighted by Crippen LogP contribution is 2.22. The predicted octanol–water partition coefficient (Wildman–Crippen LogP) is 3.83. The second-order valence-electron chi connectivity index (χ2n) is 5.67. The first-order valence-corrected chi connectivity index (χ1v) is 6.85. The molecule has 0 radical (unpaired) electrons. The minimum atomic E-state index is -0.557. The molecule has 0 atom stereocenters. The van der Waals surface area contributed by atoms with Gasteiger partial charge in [0.2, 0.25) is 0 Å². The van der Waals surface area contributed by atoms with E-state index in [9.17, 15) is 4.79 Å². The highest BCUT2D eigenvalue weighted by atomic mass is 16.6. The molecular formula is C16H20N2O3. The molecule has 0 unspecified atom stereocenters. The van der Waals surface area contributed by atoms with E-state index in [4.69, 9.17) is 9.47 Å². The van der Waals surface area contributed by atoms with Crippen LogP contribution >= 0.6 is 0 Å². The zero-order chi connectivity index (χ0) is 15.6. The van der Waals surface area contributed by atoms with Crippen LogP contribution < -0.4 is 0 Å². The van der Waals surface area contributed by atoms with E-state index < -0.39 is 11.7 Å². The molecule has 2 rings (SSSR count). The lowest BCUT2D eigenvalue weighted by atomic mass is 10.1. The molecule has 0 amide bonds. The highest BCUT2D eigenvalue weighted by molar-refractivity contribution is 5.89. The van der Waals surface area contributed by atoms with E-state index in [1.807, 2.05) is 45.9 Å². The Kier molecular flexibility index (Phi) is 4.02. The molecule has 0 aliphatic carbocycles. The number of benzene rings is 1. The van der Waals surface area contributed by atoms with Crippen LogP contribution in [0.25, 0.3) is 16.7 Å². The number of aromatic nitrogens is 2. The van der Waals surface area contributed by atoms with Crippen LogP contribution in [0, 0.1) is 0 Å². The van der Waals surface area contributed by atoms with Gasteiger partial charge in [0.05, 0.1) is 18.3 Å². The molecule has 1 heterocycles. The van der Waals surface area contributed by atoms with E-state index in [-0.39, 0.29) is 0 Å². The molecule has 0 aliphatic rings. The van der Waals surface area contributed by atoms with E-state index in [1.165, 1.54) is 4.68 Å². The molecule has 0 N–H and O–H groups in total. The normalized spacial score (nSPS) is 11.4. The van der Waals surface area contributed by atoms with Crippen molar-refractivity contribution in [1.82, 2.24) is 9.78 Å². The summed E-state index contributed by atoms with van der Waals surface area (Å²) in [6, 6.07) is 5.55. The summed E-state index contributed by atoms with van der Waals surface area (Å²) in [5.74, 6) is 0.601. The van der Waals surface area contributed by atoms with Crippen molar-refractivity contribution in [3.8, 4) is 0 Å². The van der Waals surface area contributed by atoms with E-state index in [2.05, 4.69) is 11.7 Å². The third-order valence-electron chi connectivity index (χ3n) is 2.77. The maximum atomic E-state index is 12.1. The van der Waals surface area contributed by atoms with Crippen LogP contribution in [0.5, 0.6) is 0 Å². The maximum absolute atomic E-state index is 12.1. The Bertz CT molecular complexity index is 680. The molecular weight excluding hydrogens is 268 g/mol. The van der Waals surface area contributed by atoms with Gasteiger partial charge in [-0.2, -0.15) is 9.78 Å². The minimum absolute atomic E-state index is 0.492. The summed E-state index contributed by atoms with van der Waals surface area (Å²) < 4.78 is 12.0. The van der Waals surface area contributed by atoms with Crippen molar-refractivity contribution in [2.75, 3.05) is 6.61 Å². The third-order valence-corrected chi connectivity index (χ3v) is 2.77. The molecule has 0 fully saturated rings. The van der Waals surface area contributed by atoms with Gasteiger partial charge in [0, 0.05) is 10.9 Å². The molecule has 5 heteroatoms. The van der Waals surface area contributed by atoms with Crippen LogP contribution in [0.2, 0.25) is 0 Å². The average molecular weight is 288 g/mol. The van der Waals surface area contributed by atoms with Gasteiger partial charge in [-0.05, 0) is 45.9 Å². The Balaban J connectivity index is 2.33. The van der Waals surface area contributed by atoms with Crippen molar-refractivity contribution >= 4 is 22.8 Å². The molecule has 0 bridgehead atoms.